The van der Waals surface area contributed by atoms with Gasteiger partial charge in [0.2, 0.25) is 0 Å². The highest BCUT2D eigenvalue weighted by atomic mass is 35.5. The van der Waals surface area contributed by atoms with Gasteiger partial charge in [0.25, 0.3) is 19.7 Å². The lowest BCUT2D eigenvalue weighted by molar-refractivity contribution is -0.152. The summed E-state index contributed by atoms with van der Waals surface area (Å²) >= 11 is 24.3. The van der Waals surface area contributed by atoms with E-state index in [2.05, 4.69) is 10.2 Å². The van der Waals surface area contributed by atoms with Crippen LogP contribution in [0.3, 0.4) is 0 Å². The van der Waals surface area contributed by atoms with Crippen LogP contribution in [-0.2, 0) is 41.6 Å². The molecule has 6 rings (SSSR count). The molecule has 68 heavy (non-hydrogen) atoms. The second-order valence-electron chi connectivity index (χ2n) is 14.1. The van der Waals surface area contributed by atoms with Crippen molar-refractivity contribution in [3.8, 4) is 23.5 Å². The zero-order valence-electron chi connectivity index (χ0n) is 32.8. The van der Waals surface area contributed by atoms with E-state index in [0.717, 1.165) is 19.6 Å². The van der Waals surface area contributed by atoms with E-state index in [1.54, 1.807) is 0 Å². The number of aromatic nitrogens is 4. The number of carbonyl (C=O) groups is 2. The molecule has 2 amide bonds. The summed E-state index contributed by atoms with van der Waals surface area (Å²) in [5, 5.41) is 22.9. The van der Waals surface area contributed by atoms with E-state index in [-0.39, 0.29) is 0 Å². The summed E-state index contributed by atoms with van der Waals surface area (Å²) in [7, 11) is -13.0. The van der Waals surface area contributed by atoms with Crippen molar-refractivity contribution in [1.82, 2.24) is 29.4 Å². The number of hydrogen-bond acceptors (Lipinski definition) is 12. The van der Waals surface area contributed by atoms with Crippen LogP contribution in [0.2, 0.25) is 20.1 Å². The van der Waals surface area contributed by atoms with Gasteiger partial charge in [-0.2, -0.15) is 73.4 Å². The van der Waals surface area contributed by atoms with Gasteiger partial charge in [-0.1, -0.05) is 46.4 Å². The van der Waals surface area contributed by atoms with E-state index in [1.165, 1.54) is 12.1 Å². The highest BCUT2D eigenvalue weighted by molar-refractivity contribution is 7.92. The molecule has 0 spiro atoms. The highest BCUT2D eigenvalue weighted by Gasteiger charge is 2.54. The molecule has 2 aliphatic heterocycles. The molecule has 4 heterocycles. The van der Waals surface area contributed by atoms with Crippen LogP contribution in [0, 0.1) is 22.7 Å². The number of halogens is 16. The van der Waals surface area contributed by atoms with Crippen LogP contribution in [-0.4, -0.2) is 121 Å². The summed E-state index contributed by atoms with van der Waals surface area (Å²) in [5.41, 5.74) is -19.4. The summed E-state index contributed by atoms with van der Waals surface area (Å²) in [6.07, 6.45) is -10.1. The van der Waals surface area contributed by atoms with Crippen LogP contribution < -0.4 is 9.80 Å². The molecule has 0 N–H and O–H groups in total. The summed E-state index contributed by atoms with van der Waals surface area (Å²) in [5.74, 6) is -4.77. The van der Waals surface area contributed by atoms with Gasteiger partial charge < -0.3 is 19.6 Å². The molecule has 0 radical (unpaired) electrons. The van der Waals surface area contributed by atoms with Crippen LogP contribution in [0.15, 0.2) is 34.1 Å². The smallest absolute Gasteiger partial charge is 0.352 e. The largest absolute Gasteiger partial charge is 0.502 e. The van der Waals surface area contributed by atoms with Crippen LogP contribution >= 0.6 is 46.4 Å². The number of nitrogens with zero attached hydrogens (tertiary/aromatic N) is 10. The lowest BCUT2D eigenvalue weighted by Gasteiger charge is -2.39. The first kappa shape index (κ1) is 52.0. The Balaban J connectivity index is 1.29. The fourth-order valence-corrected chi connectivity index (χ4v) is 10.3. The van der Waals surface area contributed by atoms with E-state index < -0.39 is 183 Å². The predicted molar refractivity (Wildman–Crippen MR) is 211 cm³/mol. The van der Waals surface area contributed by atoms with E-state index in [9.17, 15) is 89.6 Å². The zero-order chi connectivity index (χ0) is 51.0. The van der Waals surface area contributed by atoms with Gasteiger partial charge in [-0.05, 0) is 24.3 Å². The van der Waals surface area contributed by atoms with Crippen molar-refractivity contribution >= 4 is 89.5 Å². The van der Waals surface area contributed by atoms with Gasteiger partial charge in [0.15, 0.2) is 32.8 Å². The molecule has 366 valence electrons. The minimum absolute atomic E-state index is 0.298. The SMILES string of the molecule is N#Cc1nn(-c2c(Cl)cc(C(F)(F)F)cc2Cl)c(N2CCN(C(=O)C(=O)N3CCN(c4c(S(=O)(=O)C(F)(F)F)c(C#N)nn4-c4c(Cl)cc(C(F)(F)F)cc4Cl)CC3)CC2)c1S(=O)(=O)C(F)(F)F. The van der Waals surface area contributed by atoms with Gasteiger partial charge in [-0.25, -0.2) is 26.2 Å². The molecule has 0 saturated carbocycles. The molecule has 0 bridgehead atoms. The third-order valence-electron chi connectivity index (χ3n) is 10.0. The number of hydrogen-bond donors (Lipinski definition) is 0. The molecule has 0 atom stereocenters. The molecule has 2 aromatic carbocycles. The maximum Gasteiger partial charge on any atom is 0.502 e. The molecular formula is C34H20Cl4F12N10O6S2. The molecule has 2 saturated heterocycles. The van der Waals surface area contributed by atoms with Gasteiger partial charge in [-0.15, -0.1) is 0 Å². The average Bonchev–Trinajstić information content (AvgIpc) is 3.81. The second-order valence-corrected chi connectivity index (χ2v) is 19.5. The van der Waals surface area contributed by atoms with Crippen molar-refractivity contribution in [2.75, 3.05) is 62.2 Å². The number of rotatable bonds is 6. The molecular weight excluding hydrogens is 1080 g/mol. The number of alkyl halides is 12. The maximum atomic E-state index is 14.0. The van der Waals surface area contributed by atoms with Crippen molar-refractivity contribution < 1.29 is 79.1 Å². The molecule has 2 fully saturated rings. The zero-order valence-corrected chi connectivity index (χ0v) is 37.4. The third-order valence-corrected chi connectivity index (χ3v) is 14.2. The Hall–Kier alpha value is -5.40. The van der Waals surface area contributed by atoms with E-state index in [0.29, 0.717) is 33.6 Å². The summed E-state index contributed by atoms with van der Waals surface area (Å²) < 4.78 is 218. The van der Waals surface area contributed by atoms with Crippen molar-refractivity contribution in [2.45, 2.75) is 33.2 Å². The third kappa shape index (κ3) is 9.24. The van der Waals surface area contributed by atoms with E-state index in [4.69, 9.17) is 46.4 Å². The molecule has 4 aromatic rings. The van der Waals surface area contributed by atoms with E-state index in [1.807, 2.05) is 0 Å². The second kappa shape index (κ2) is 17.8. The highest BCUT2D eigenvalue weighted by Crippen LogP contribution is 2.46. The topological polar surface area (TPSA) is 199 Å². The minimum Gasteiger partial charge on any atom is -0.352 e. The molecule has 2 aliphatic rings. The Morgan fingerprint density at radius 2 is 0.779 bits per heavy atom. The van der Waals surface area contributed by atoms with Crippen LogP contribution in [0.25, 0.3) is 11.4 Å². The molecule has 0 aliphatic carbocycles. The minimum atomic E-state index is -6.50. The number of sulfone groups is 2. The number of nitriles is 2. The summed E-state index contributed by atoms with van der Waals surface area (Å²) in [6.45, 7) is -5.07. The fourth-order valence-electron chi connectivity index (χ4n) is 6.91. The van der Waals surface area contributed by atoms with Gasteiger partial charge >= 0.3 is 35.2 Å². The first-order valence-corrected chi connectivity index (χ1v) is 22.6. The van der Waals surface area contributed by atoms with Crippen LogP contribution in [0.1, 0.15) is 22.5 Å². The van der Waals surface area contributed by atoms with E-state index >= 15 is 0 Å². The number of anilines is 2. The number of carbonyl (C=O) groups excluding carboxylic acids is 2. The number of amides is 2. The van der Waals surface area contributed by atoms with Gasteiger partial charge in [0.1, 0.15) is 23.5 Å². The quantitative estimate of drug-likeness (QED) is 0.141. The van der Waals surface area contributed by atoms with Gasteiger partial charge in [0.05, 0.1) is 31.2 Å². The van der Waals surface area contributed by atoms with Crippen molar-refractivity contribution in [1.29, 1.82) is 10.5 Å². The normalized spacial score (nSPS) is 15.7. The molecule has 2 aromatic heterocycles. The summed E-state index contributed by atoms with van der Waals surface area (Å²) in [4.78, 5) is 26.9. The molecule has 16 nitrogen and oxygen atoms in total. The fraction of sp³-hybridized carbons (Fsp3) is 0.353. The van der Waals surface area contributed by atoms with Crippen LogP contribution in [0.4, 0.5) is 64.3 Å². The van der Waals surface area contributed by atoms with Crippen molar-refractivity contribution in [2.24, 2.45) is 0 Å². The van der Waals surface area contributed by atoms with Crippen LogP contribution in [0.5, 0.6) is 0 Å². The first-order chi connectivity index (χ1) is 31.2. The van der Waals surface area contributed by atoms with Crippen molar-refractivity contribution in [3.05, 3.63) is 66.9 Å². The molecule has 34 heteroatoms. The average molecular weight is 1100 g/mol. The van der Waals surface area contributed by atoms with Gasteiger partial charge in [0, 0.05) is 52.4 Å². The standard InChI is InChI=1S/C34H20Cl4F12N10O6S2/c35-17-9-15(31(39,40)41)10-18(36)23(17)59-27(25(21(13-51)53-59)67(63,64)33(45,46)47)55-1-5-57(6-2-55)29(61)30(62)58-7-3-56(4-8-58)28-26(68(65,66)34(48,49)50)22(14-52)54-60(28)24-19(37)11-16(12-20(24)38)32(42,43)44/h9-12H,1-8H2. The number of piperazine rings is 2. The monoisotopic (exact) mass is 1100 g/mol. The Bertz CT molecular complexity index is 2810. The maximum absolute atomic E-state index is 14.0. The van der Waals surface area contributed by atoms with Crippen molar-refractivity contribution in [3.63, 3.8) is 0 Å². The van der Waals surface area contributed by atoms with Gasteiger partial charge in [-0.3, -0.25) is 9.59 Å². The predicted octanol–water partition coefficient (Wildman–Crippen LogP) is 7.04. The first-order valence-electron chi connectivity index (χ1n) is 18.1. The summed E-state index contributed by atoms with van der Waals surface area (Å²) in [6, 6.07) is 3.56. The number of benzene rings is 2. The Labute approximate surface area is 392 Å². The lowest BCUT2D eigenvalue weighted by atomic mass is 10.2. The Kier molecular flexibility index (Phi) is 13.6. The molecule has 0 unspecified atom stereocenters. The Morgan fingerprint density at radius 1 is 0.515 bits per heavy atom. The lowest BCUT2D eigenvalue weighted by Crippen LogP contribution is -2.57. The Morgan fingerprint density at radius 3 is 1.00 bits per heavy atom.